The van der Waals surface area contributed by atoms with Gasteiger partial charge in [0.05, 0.1) is 11.0 Å². The Morgan fingerprint density at radius 2 is 2.03 bits per heavy atom. The number of hydrogen-bond acceptors (Lipinski definition) is 3. The highest BCUT2D eigenvalue weighted by atomic mass is 19.4. The number of alkyl halides is 3. The van der Waals surface area contributed by atoms with Crippen LogP contribution in [0.1, 0.15) is 41.7 Å². The molecule has 0 aliphatic heterocycles. The summed E-state index contributed by atoms with van der Waals surface area (Å²) in [5.74, 6) is -1.02. The van der Waals surface area contributed by atoms with Crippen LogP contribution in [0.25, 0.3) is 11.0 Å². The summed E-state index contributed by atoms with van der Waals surface area (Å²) in [5.41, 5.74) is 1.99. The van der Waals surface area contributed by atoms with Crippen LogP contribution in [0, 0.1) is 5.82 Å². The van der Waals surface area contributed by atoms with Gasteiger partial charge in [-0.15, -0.1) is 0 Å². The van der Waals surface area contributed by atoms with Crippen LogP contribution >= 0.6 is 0 Å². The Labute approximate surface area is 182 Å². The van der Waals surface area contributed by atoms with Gasteiger partial charge in [-0.05, 0) is 61.6 Å². The van der Waals surface area contributed by atoms with Crippen LogP contribution in [-0.2, 0) is 6.54 Å². The van der Waals surface area contributed by atoms with Crippen molar-refractivity contribution in [1.29, 1.82) is 0 Å². The first kappa shape index (κ1) is 22.3. The molecule has 1 amide bonds. The molecule has 1 aliphatic carbocycles. The maximum atomic E-state index is 13.4. The smallest absolute Gasteiger partial charge is 0.349 e. The van der Waals surface area contributed by atoms with Crippen molar-refractivity contribution < 1.29 is 22.4 Å². The van der Waals surface area contributed by atoms with Crippen LogP contribution in [0.4, 0.5) is 17.6 Å². The molecule has 2 heterocycles. The van der Waals surface area contributed by atoms with Crippen molar-refractivity contribution in [3.05, 3.63) is 65.7 Å². The van der Waals surface area contributed by atoms with Gasteiger partial charge in [-0.2, -0.15) is 13.2 Å². The number of benzene rings is 1. The molecule has 0 saturated heterocycles. The fourth-order valence-corrected chi connectivity index (χ4v) is 4.33. The Balaban J connectivity index is 1.49. The van der Waals surface area contributed by atoms with E-state index in [4.69, 9.17) is 0 Å². The minimum absolute atomic E-state index is 0.0649. The summed E-state index contributed by atoms with van der Waals surface area (Å²) in [6.07, 6.45) is -0.568. The van der Waals surface area contributed by atoms with Gasteiger partial charge in [-0.3, -0.25) is 9.78 Å². The summed E-state index contributed by atoms with van der Waals surface area (Å²) >= 11 is 0. The second-order valence-electron chi connectivity index (χ2n) is 8.20. The zero-order valence-corrected chi connectivity index (χ0v) is 17.3. The Hall–Kier alpha value is -2.94. The highest BCUT2D eigenvalue weighted by Crippen LogP contribution is 2.29. The fourth-order valence-electron chi connectivity index (χ4n) is 4.33. The van der Waals surface area contributed by atoms with Crippen LogP contribution < -0.4 is 5.32 Å². The van der Waals surface area contributed by atoms with Crippen LogP contribution in [0.15, 0.2) is 48.7 Å². The third-order valence-electron chi connectivity index (χ3n) is 5.80. The first-order chi connectivity index (χ1) is 15.3. The molecule has 3 aromatic rings. The van der Waals surface area contributed by atoms with E-state index in [1.165, 1.54) is 18.2 Å². The number of nitrogens with zero attached hydrogens (tertiary/aromatic N) is 2. The number of fused-ring (bicyclic) bond motifs is 1. The molecule has 0 bridgehead atoms. The van der Waals surface area contributed by atoms with Gasteiger partial charge in [0, 0.05) is 24.8 Å². The number of halogens is 4. The van der Waals surface area contributed by atoms with Crippen molar-refractivity contribution in [2.24, 2.45) is 0 Å². The third kappa shape index (κ3) is 5.45. The molecule has 32 heavy (non-hydrogen) atoms. The molecule has 170 valence electrons. The lowest BCUT2D eigenvalue weighted by atomic mass is 9.89. The van der Waals surface area contributed by atoms with Gasteiger partial charge in [0.25, 0.3) is 5.91 Å². The lowest BCUT2D eigenvalue weighted by Gasteiger charge is -2.38. The monoisotopic (exact) mass is 448 g/mol. The topological polar surface area (TPSA) is 61.0 Å². The standard InChI is InChI=1S/C23H24F4N4O/c24-16-5-1-4-15(10-16)13-29-17-6-2-7-18(11-17)31(14-23(25,26)27)22(32)21-12-20-19(30-21)8-3-9-28-20/h1,3-5,8-10,12,17-18,29-30H,2,6-7,11,13-14H2/t17-,18+/m1/s1. The maximum Gasteiger partial charge on any atom is 0.406 e. The fraction of sp³-hybridized carbons (Fsp3) is 0.391. The molecule has 2 N–H and O–H groups in total. The number of aromatic nitrogens is 2. The van der Waals surface area contributed by atoms with Crippen molar-refractivity contribution in [3.63, 3.8) is 0 Å². The summed E-state index contributed by atoms with van der Waals surface area (Å²) in [6, 6.07) is 10.5. The third-order valence-corrected chi connectivity index (χ3v) is 5.80. The average Bonchev–Trinajstić information content (AvgIpc) is 3.20. The summed E-state index contributed by atoms with van der Waals surface area (Å²) in [5, 5.41) is 3.31. The van der Waals surface area contributed by atoms with E-state index < -0.39 is 24.7 Å². The molecule has 1 fully saturated rings. The van der Waals surface area contributed by atoms with Crippen molar-refractivity contribution >= 4 is 16.9 Å². The predicted octanol–water partition coefficient (Wildman–Crippen LogP) is 4.81. The van der Waals surface area contributed by atoms with E-state index in [-0.39, 0.29) is 17.6 Å². The summed E-state index contributed by atoms with van der Waals surface area (Å²) in [7, 11) is 0. The van der Waals surface area contributed by atoms with Gasteiger partial charge in [0.15, 0.2) is 0 Å². The lowest BCUT2D eigenvalue weighted by Crippen LogP contribution is -2.50. The SMILES string of the molecule is O=C(c1cc2ncccc2[nH]1)N(CC(F)(F)F)[C@H]1CCC[C@@H](NCc2cccc(F)c2)C1. The molecule has 2 atom stereocenters. The minimum atomic E-state index is -4.51. The van der Waals surface area contributed by atoms with Crippen LogP contribution in [0.5, 0.6) is 0 Å². The molecule has 0 spiro atoms. The van der Waals surface area contributed by atoms with Gasteiger partial charge in [0.2, 0.25) is 0 Å². The molecular weight excluding hydrogens is 424 g/mol. The van der Waals surface area contributed by atoms with Gasteiger partial charge < -0.3 is 15.2 Å². The van der Waals surface area contributed by atoms with Gasteiger partial charge >= 0.3 is 6.18 Å². The van der Waals surface area contributed by atoms with Gasteiger partial charge in [0.1, 0.15) is 18.1 Å². The summed E-state index contributed by atoms with van der Waals surface area (Å²) in [4.78, 5) is 21.1. The zero-order valence-electron chi connectivity index (χ0n) is 17.3. The van der Waals surface area contributed by atoms with Crippen LogP contribution in [-0.4, -0.2) is 45.6 Å². The number of hydrogen-bond donors (Lipinski definition) is 2. The van der Waals surface area contributed by atoms with E-state index in [1.54, 1.807) is 30.5 Å². The quantitative estimate of drug-likeness (QED) is 0.532. The largest absolute Gasteiger partial charge is 0.406 e. The van der Waals surface area contributed by atoms with E-state index in [0.29, 0.717) is 36.8 Å². The number of nitrogens with one attached hydrogen (secondary N) is 2. The van der Waals surface area contributed by atoms with E-state index in [1.807, 2.05) is 0 Å². The minimum Gasteiger partial charge on any atom is -0.349 e. The van der Waals surface area contributed by atoms with Gasteiger partial charge in [-0.25, -0.2) is 4.39 Å². The van der Waals surface area contributed by atoms with Crippen LogP contribution in [0.2, 0.25) is 0 Å². The zero-order chi connectivity index (χ0) is 22.7. The molecule has 5 nitrogen and oxygen atoms in total. The average molecular weight is 448 g/mol. The van der Waals surface area contributed by atoms with Crippen molar-refractivity contribution in [1.82, 2.24) is 20.2 Å². The Bertz CT molecular complexity index is 1050. The van der Waals surface area contributed by atoms with E-state index in [2.05, 4.69) is 15.3 Å². The summed E-state index contributed by atoms with van der Waals surface area (Å²) in [6.45, 7) is -0.897. The first-order valence-electron chi connectivity index (χ1n) is 10.6. The van der Waals surface area contributed by atoms with Crippen molar-refractivity contribution in [3.8, 4) is 0 Å². The first-order valence-corrected chi connectivity index (χ1v) is 10.6. The van der Waals surface area contributed by atoms with E-state index in [0.717, 1.165) is 16.9 Å². The lowest BCUT2D eigenvalue weighted by molar-refractivity contribution is -0.146. The molecular formula is C23H24F4N4O. The number of carbonyl (C=O) groups is 1. The highest BCUT2D eigenvalue weighted by molar-refractivity contribution is 5.97. The Kier molecular flexibility index (Phi) is 6.45. The number of pyridine rings is 1. The Morgan fingerprint density at radius 3 is 2.78 bits per heavy atom. The molecule has 0 radical (unpaired) electrons. The molecule has 4 rings (SSSR count). The summed E-state index contributed by atoms with van der Waals surface area (Å²) < 4.78 is 53.5. The van der Waals surface area contributed by atoms with Crippen molar-refractivity contribution in [2.75, 3.05) is 6.54 Å². The highest BCUT2D eigenvalue weighted by Gasteiger charge is 2.39. The molecule has 1 aliphatic rings. The molecule has 1 aromatic carbocycles. The number of carbonyl (C=O) groups excluding carboxylic acids is 1. The van der Waals surface area contributed by atoms with Crippen molar-refractivity contribution in [2.45, 2.75) is 50.5 Å². The second-order valence-corrected chi connectivity index (χ2v) is 8.20. The molecule has 1 saturated carbocycles. The van der Waals surface area contributed by atoms with E-state index >= 15 is 0 Å². The normalized spacial score (nSPS) is 19.2. The maximum absolute atomic E-state index is 13.4. The van der Waals surface area contributed by atoms with E-state index in [9.17, 15) is 22.4 Å². The number of amides is 1. The van der Waals surface area contributed by atoms with Crippen LogP contribution in [0.3, 0.4) is 0 Å². The van der Waals surface area contributed by atoms with Gasteiger partial charge in [-0.1, -0.05) is 12.1 Å². The Morgan fingerprint density at radius 1 is 1.19 bits per heavy atom. The molecule has 0 unspecified atom stereocenters. The predicted molar refractivity (Wildman–Crippen MR) is 112 cm³/mol. The molecule has 9 heteroatoms. The number of H-pyrrole nitrogens is 1. The number of aromatic amines is 1. The number of rotatable bonds is 6. The molecule has 2 aromatic heterocycles. The second kappa shape index (κ2) is 9.28.